The maximum absolute atomic E-state index is 11.2. The van der Waals surface area contributed by atoms with Gasteiger partial charge in [0.1, 0.15) is 17.6 Å². The van der Waals surface area contributed by atoms with E-state index < -0.39 is 5.97 Å². The molecule has 1 unspecified atom stereocenters. The fourth-order valence-corrected chi connectivity index (χ4v) is 4.32. The molecule has 0 bridgehead atoms. The van der Waals surface area contributed by atoms with E-state index in [2.05, 4.69) is 53.1 Å². The van der Waals surface area contributed by atoms with Crippen molar-refractivity contribution in [2.24, 2.45) is 0 Å². The Bertz CT molecular complexity index is 1070. The third-order valence-electron chi connectivity index (χ3n) is 6.33. The van der Waals surface area contributed by atoms with Gasteiger partial charge >= 0.3 is 5.97 Å². The molecule has 3 aromatic carbocycles. The third kappa shape index (κ3) is 5.88. The number of rotatable bonds is 9. The van der Waals surface area contributed by atoms with E-state index in [9.17, 15) is 4.79 Å². The van der Waals surface area contributed by atoms with Gasteiger partial charge in [0.05, 0.1) is 18.4 Å². The zero-order valence-corrected chi connectivity index (χ0v) is 19.8. The molecular formula is C28H32N2O4. The molecule has 6 heteroatoms. The number of carboxylic acid groups (broad SMARTS) is 1. The third-order valence-corrected chi connectivity index (χ3v) is 6.33. The van der Waals surface area contributed by atoms with E-state index >= 15 is 0 Å². The number of benzene rings is 3. The predicted molar refractivity (Wildman–Crippen MR) is 134 cm³/mol. The second-order valence-electron chi connectivity index (χ2n) is 8.64. The molecule has 1 fully saturated rings. The van der Waals surface area contributed by atoms with Crippen LogP contribution in [0.4, 0.5) is 5.69 Å². The van der Waals surface area contributed by atoms with Crippen LogP contribution in [-0.4, -0.2) is 55.8 Å². The highest BCUT2D eigenvalue weighted by Gasteiger charge is 2.21. The van der Waals surface area contributed by atoms with Crippen LogP contribution in [-0.2, 0) is 0 Å². The van der Waals surface area contributed by atoms with Crippen molar-refractivity contribution in [3.63, 3.8) is 0 Å². The quantitative estimate of drug-likeness (QED) is 0.483. The Kier molecular flexibility index (Phi) is 7.70. The lowest BCUT2D eigenvalue weighted by atomic mass is 10.0. The van der Waals surface area contributed by atoms with E-state index in [4.69, 9.17) is 14.6 Å². The molecular weight excluding hydrogens is 428 g/mol. The zero-order valence-electron chi connectivity index (χ0n) is 19.8. The Morgan fingerprint density at radius 1 is 0.941 bits per heavy atom. The number of methoxy groups -OCH3 is 1. The van der Waals surface area contributed by atoms with E-state index in [0.29, 0.717) is 5.75 Å². The molecule has 0 saturated carbocycles. The summed E-state index contributed by atoms with van der Waals surface area (Å²) in [5, 5.41) is 9.15. The van der Waals surface area contributed by atoms with E-state index in [1.165, 1.54) is 5.56 Å². The molecule has 0 radical (unpaired) electrons. The van der Waals surface area contributed by atoms with Gasteiger partial charge < -0.3 is 19.5 Å². The van der Waals surface area contributed by atoms with Crippen LogP contribution < -0.4 is 14.4 Å². The number of piperazine rings is 1. The van der Waals surface area contributed by atoms with Crippen molar-refractivity contribution >= 4 is 11.7 Å². The van der Waals surface area contributed by atoms with Crippen LogP contribution in [0.2, 0.25) is 0 Å². The first kappa shape index (κ1) is 23.6. The summed E-state index contributed by atoms with van der Waals surface area (Å²) in [6.07, 6.45) is 0.738. The number of hydrogen-bond acceptors (Lipinski definition) is 5. The van der Waals surface area contributed by atoms with Gasteiger partial charge in [0, 0.05) is 39.1 Å². The second-order valence-corrected chi connectivity index (χ2v) is 8.64. The number of hydrogen-bond donors (Lipinski definition) is 1. The molecule has 1 N–H and O–H groups in total. The highest BCUT2D eigenvalue weighted by atomic mass is 16.5. The number of carboxylic acids is 1. The monoisotopic (exact) mass is 460 g/mol. The highest BCUT2D eigenvalue weighted by Crippen LogP contribution is 2.29. The van der Waals surface area contributed by atoms with Crippen molar-refractivity contribution in [1.82, 2.24) is 4.90 Å². The molecule has 6 nitrogen and oxygen atoms in total. The Balaban J connectivity index is 1.39. The van der Waals surface area contributed by atoms with Crippen LogP contribution in [0.3, 0.4) is 0 Å². The molecule has 1 saturated heterocycles. The molecule has 0 aromatic heterocycles. The number of ether oxygens (including phenoxy) is 2. The van der Waals surface area contributed by atoms with Gasteiger partial charge in [0.25, 0.3) is 0 Å². The van der Waals surface area contributed by atoms with Gasteiger partial charge in [-0.15, -0.1) is 0 Å². The first-order valence-electron chi connectivity index (χ1n) is 11.7. The lowest BCUT2D eigenvalue weighted by molar-refractivity contribution is 0.0697. The summed E-state index contributed by atoms with van der Waals surface area (Å²) in [6.45, 7) is 6.86. The molecule has 0 amide bonds. The van der Waals surface area contributed by atoms with Crippen molar-refractivity contribution in [1.29, 1.82) is 0 Å². The van der Waals surface area contributed by atoms with Crippen molar-refractivity contribution < 1.29 is 19.4 Å². The average Bonchev–Trinajstić information content (AvgIpc) is 2.87. The summed E-state index contributed by atoms with van der Waals surface area (Å²) in [6, 6.07) is 23.2. The molecule has 0 spiro atoms. The molecule has 34 heavy (non-hydrogen) atoms. The maximum atomic E-state index is 11.2. The van der Waals surface area contributed by atoms with Crippen molar-refractivity contribution in [2.45, 2.75) is 19.4 Å². The lowest BCUT2D eigenvalue weighted by Crippen LogP contribution is -2.47. The van der Waals surface area contributed by atoms with Crippen molar-refractivity contribution in [3.05, 3.63) is 89.5 Å². The fraction of sp³-hybridized carbons (Fsp3) is 0.321. The zero-order chi connectivity index (χ0) is 23.9. The summed E-state index contributed by atoms with van der Waals surface area (Å²) in [4.78, 5) is 16.0. The Morgan fingerprint density at radius 3 is 2.26 bits per heavy atom. The summed E-state index contributed by atoms with van der Waals surface area (Å²) < 4.78 is 11.9. The summed E-state index contributed by atoms with van der Waals surface area (Å²) >= 11 is 0. The largest absolute Gasteiger partial charge is 0.495 e. The van der Waals surface area contributed by atoms with Crippen LogP contribution in [0.5, 0.6) is 11.5 Å². The van der Waals surface area contributed by atoms with Gasteiger partial charge in [-0.05, 0) is 48.9 Å². The van der Waals surface area contributed by atoms with E-state index in [1.54, 1.807) is 31.4 Å². The van der Waals surface area contributed by atoms with Crippen molar-refractivity contribution in [3.8, 4) is 11.5 Å². The SMILES string of the molecule is COc1ccccc1N1CCN(CCC(Oc2ccc(C(=O)O)cc2)c2ccc(C)cc2)CC1. The van der Waals surface area contributed by atoms with Crippen LogP contribution >= 0.6 is 0 Å². The van der Waals surface area contributed by atoms with Gasteiger partial charge in [-0.1, -0.05) is 42.0 Å². The lowest BCUT2D eigenvalue weighted by Gasteiger charge is -2.37. The van der Waals surface area contributed by atoms with E-state index in [1.807, 2.05) is 12.1 Å². The van der Waals surface area contributed by atoms with Gasteiger partial charge in [-0.2, -0.15) is 0 Å². The van der Waals surface area contributed by atoms with Crippen LogP contribution in [0.15, 0.2) is 72.8 Å². The van der Waals surface area contributed by atoms with E-state index in [-0.39, 0.29) is 11.7 Å². The fourth-order valence-electron chi connectivity index (χ4n) is 4.32. The summed E-state index contributed by atoms with van der Waals surface area (Å²) in [5.41, 5.74) is 3.74. The Morgan fingerprint density at radius 2 is 1.62 bits per heavy atom. The Labute approximate surface area is 201 Å². The molecule has 4 rings (SSSR count). The smallest absolute Gasteiger partial charge is 0.335 e. The maximum Gasteiger partial charge on any atom is 0.335 e. The molecule has 0 aliphatic carbocycles. The number of aryl methyl sites for hydroxylation is 1. The molecule has 1 aliphatic rings. The molecule has 1 heterocycles. The number of carbonyl (C=O) groups is 1. The average molecular weight is 461 g/mol. The summed E-state index contributed by atoms with van der Waals surface area (Å²) in [7, 11) is 1.72. The number of aromatic carboxylic acids is 1. The number of para-hydroxylation sites is 2. The first-order chi connectivity index (χ1) is 16.5. The molecule has 1 atom stereocenters. The first-order valence-corrected chi connectivity index (χ1v) is 11.7. The topological polar surface area (TPSA) is 62.2 Å². The minimum Gasteiger partial charge on any atom is -0.495 e. The minimum absolute atomic E-state index is 0.108. The van der Waals surface area contributed by atoms with Gasteiger partial charge in [0.15, 0.2) is 0 Å². The predicted octanol–water partition coefficient (Wildman–Crippen LogP) is 5.03. The minimum atomic E-state index is -0.936. The molecule has 3 aromatic rings. The molecule has 178 valence electrons. The van der Waals surface area contributed by atoms with Crippen molar-refractivity contribution in [2.75, 3.05) is 44.7 Å². The second kappa shape index (κ2) is 11.1. The van der Waals surface area contributed by atoms with Gasteiger partial charge in [0.2, 0.25) is 0 Å². The standard InChI is InChI=1S/C28H32N2O4/c1-21-7-9-22(10-8-21)26(34-24-13-11-23(12-14-24)28(31)32)15-16-29-17-19-30(20-18-29)25-5-3-4-6-27(25)33-2/h3-14,26H,15-20H2,1-2H3,(H,31,32). The normalized spacial score (nSPS) is 15.1. The number of anilines is 1. The van der Waals surface area contributed by atoms with Gasteiger partial charge in [-0.25, -0.2) is 4.79 Å². The summed E-state index contributed by atoms with van der Waals surface area (Å²) in [5.74, 6) is 0.656. The Hall–Kier alpha value is -3.51. The van der Waals surface area contributed by atoms with E-state index in [0.717, 1.165) is 56.1 Å². The number of nitrogens with zero attached hydrogens (tertiary/aromatic N) is 2. The van der Waals surface area contributed by atoms with Crippen LogP contribution in [0.1, 0.15) is 34.0 Å². The highest BCUT2D eigenvalue weighted by molar-refractivity contribution is 5.87. The molecule has 1 aliphatic heterocycles. The van der Waals surface area contributed by atoms with Gasteiger partial charge in [-0.3, -0.25) is 4.90 Å². The van der Waals surface area contributed by atoms with Crippen LogP contribution in [0, 0.1) is 6.92 Å². The van der Waals surface area contributed by atoms with Crippen LogP contribution in [0.25, 0.3) is 0 Å².